The van der Waals surface area contributed by atoms with Gasteiger partial charge in [-0.05, 0) is 34.5 Å². The van der Waals surface area contributed by atoms with Gasteiger partial charge in [-0.1, -0.05) is 0 Å². The summed E-state index contributed by atoms with van der Waals surface area (Å²) >= 11 is 3.30. The van der Waals surface area contributed by atoms with E-state index in [1.54, 1.807) is 13.1 Å². The number of nitrogens with one attached hydrogen (secondary N) is 1. The number of nitrogen functional groups attached to an aromatic ring is 1. The number of rotatable bonds is 3. The van der Waals surface area contributed by atoms with E-state index in [-0.39, 0.29) is 16.7 Å². The summed E-state index contributed by atoms with van der Waals surface area (Å²) in [5.41, 5.74) is 6.42. The highest BCUT2D eigenvalue weighted by Crippen LogP contribution is 2.21. The topological polar surface area (TPSA) is 103 Å². The zero-order valence-corrected chi connectivity index (χ0v) is 12.7. The number of nitrogens with zero attached hydrogens (tertiary/aromatic N) is 3. The summed E-state index contributed by atoms with van der Waals surface area (Å²) in [5, 5.41) is -0.0881. The minimum Gasteiger partial charge on any atom is -0.381 e. The minimum absolute atomic E-state index is 0.0520. The number of hydrogen-bond acceptors (Lipinski definition) is 5. The maximum atomic E-state index is 12.2. The predicted molar refractivity (Wildman–Crippen MR) is 75.1 cm³/mol. The molecule has 0 saturated heterocycles. The van der Waals surface area contributed by atoms with Crippen LogP contribution in [0.2, 0.25) is 0 Å². The molecule has 0 aliphatic heterocycles. The standard InChI is InChI=1S/C10H12BrN5O2S/c1-6-3-8(13-4-7(6)11)15-19(17,18)10-9(12)14-5-16(10)2/h3-5H,12H2,1-2H3,(H,13,15). The SMILES string of the molecule is Cc1cc(NS(=O)(=O)c2c(N)ncn2C)ncc1Br. The van der Waals surface area contributed by atoms with Crippen molar-refractivity contribution in [1.82, 2.24) is 14.5 Å². The number of imidazole rings is 1. The van der Waals surface area contributed by atoms with E-state index >= 15 is 0 Å². The fraction of sp³-hybridized carbons (Fsp3) is 0.200. The fourth-order valence-electron chi connectivity index (χ4n) is 1.55. The zero-order chi connectivity index (χ0) is 14.2. The first-order valence-electron chi connectivity index (χ1n) is 5.23. The molecule has 0 fully saturated rings. The van der Waals surface area contributed by atoms with Gasteiger partial charge in [0.15, 0.2) is 10.8 Å². The highest BCUT2D eigenvalue weighted by Gasteiger charge is 2.23. The lowest BCUT2D eigenvalue weighted by Crippen LogP contribution is -2.18. The molecule has 0 aromatic carbocycles. The van der Waals surface area contributed by atoms with E-state index < -0.39 is 10.0 Å². The quantitative estimate of drug-likeness (QED) is 0.871. The van der Waals surface area contributed by atoms with E-state index in [1.807, 2.05) is 6.92 Å². The van der Waals surface area contributed by atoms with Gasteiger partial charge in [-0.25, -0.2) is 9.97 Å². The lowest BCUT2D eigenvalue weighted by Gasteiger charge is -2.09. The molecule has 2 rings (SSSR count). The van der Waals surface area contributed by atoms with Crippen molar-refractivity contribution >= 4 is 37.6 Å². The van der Waals surface area contributed by atoms with Crippen LogP contribution in [0.3, 0.4) is 0 Å². The number of aromatic nitrogens is 3. The lowest BCUT2D eigenvalue weighted by molar-refractivity contribution is 0.591. The van der Waals surface area contributed by atoms with E-state index in [1.165, 1.54) is 17.1 Å². The predicted octanol–water partition coefficient (Wildman–Crippen LogP) is 1.27. The average Bonchev–Trinajstić information content (AvgIpc) is 2.64. The van der Waals surface area contributed by atoms with Gasteiger partial charge in [0.1, 0.15) is 5.82 Å². The Hall–Kier alpha value is -1.61. The van der Waals surface area contributed by atoms with E-state index in [9.17, 15) is 8.42 Å². The number of aryl methyl sites for hydroxylation is 2. The van der Waals surface area contributed by atoms with Crippen LogP contribution < -0.4 is 10.5 Å². The first-order chi connectivity index (χ1) is 8.81. The molecule has 0 spiro atoms. The molecule has 0 aliphatic carbocycles. The number of anilines is 2. The van der Waals surface area contributed by atoms with Crippen molar-refractivity contribution in [3.63, 3.8) is 0 Å². The molecule has 0 bridgehead atoms. The summed E-state index contributed by atoms with van der Waals surface area (Å²) in [6, 6.07) is 1.62. The van der Waals surface area contributed by atoms with Crippen LogP contribution in [0.1, 0.15) is 5.56 Å². The molecule has 7 nitrogen and oxygen atoms in total. The molecule has 0 atom stereocenters. The minimum atomic E-state index is -3.81. The molecule has 2 aromatic rings. The summed E-state index contributed by atoms with van der Waals surface area (Å²) in [6.07, 6.45) is 2.87. The van der Waals surface area contributed by atoms with Crippen LogP contribution in [0.4, 0.5) is 11.6 Å². The lowest BCUT2D eigenvalue weighted by atomic mass is 10.3. The van der Waals surface area contributed by atoms with E-state index in [2.05, 4.69) is 30.6 Å². The van der Waals surface area contributed by atoms with Crippen molar-refractivity contribution in [3.05, 3.63) is 28.6 Å². The van der Waals surface area contributed by atoms with Crippen LogP contribution in [0, 0.1) is 6.92 Å². The molecular formula is C10H12BrN5O2S. The van der Waals surface area contributed by atoms with Crippen molar-refractivity contribution in [2.45, 2.75) is 11.9 Å². The zero-order valence-electron chi connectivity index (χ0n) is 10.3. The molecule has 19 heavy (non-hydrogen) atoms. The van der Waals surface area contributed by atoms with Gasteiger partial charge in [-0.3, -0.25) is 4.72 Å². The second-order valence-electron chi connectivity index (χ2n) is 3.97. The Morgan fingerprint density at radius 2 is 2.11 bits per heavy atom. The van der Waals surface area contributed by atoms with Gasteiger partial charge in [-0.2, -0.15) is 8.42 Å². The first-order valence-corrected chi connectivity index (χ1v) is 7.50. The van der Waals surface area contributed by atoms with Gasteiger partial charge < -0.3 is 10.3 Å². The first kappa shape index (κ1) is 13.8. The third-order valence-corrected chi connectivity index (χ3v) is 4.76. The Balaban J connectivity index is 2.39. The fourth-order valence-corrected chi connectivity index (χ4v) is 3.00. The molecule has 0 aliphatic rings. The maximum absolute atomic E-state index is 12.2. The Morgan fingerprint density at radius 1 is 1.42 bits per heavy atom. The summed E-state index contributed by atoms with van der Waals surface area (Å²) in [7, 11) is -2.26. The normalized spacial score (nSPS) is 11.5. The van der Waals surface area contributed by atoms with Gasteiger partial charge in [0.05, 0.1) is 6.33 Å². The Bertz CT molecular complexity index is 706. The van der Waals surface area contributed by atoms with Gasteiger partial charge in [0.25, 0.3) is 10.0 Å². The summed E-state index contributed by atoms with van der Waals surface area (Å²) in [5.74, 6) is 0.171. The summed E-state index contributed by atoms with van der Waals surface area (Å²) in [6.45, 7) is 1.84. The molecule has 2 aromatic heterocycles. The Kier molecular flexibility index (Phi) is 3.50. The highest BCUT2D eigenvalue weighted by molar-refractivity contribution is 9.10. The molecule has 0 unspecified atom stereocenters. The third-order valence-electron chi connectivity index (χ3n) is 2.45. The number of hydrogen-bond donors (Lipinski definition) is 2. The summed E-state index contributed by atoms with van der Waals surface area (Å²) in [4.78, 5) is 7.74. The van der Waals surface area contributed by atoms with Gasteiger partial charge in [0.2, 0.25) is 0 Å². The number of halogens is 1. The number of nitrogens with two attached hydrogens (primary N) is 1. The molecule has 9 heteroatoms. The van der Waals surface area contributed by atoms with Crippen molar-refractivity contribution < 1.29 is 8.42 Å². The molecule has 0 amide bonds. The van der Waals surface area contributed by atoms with Gasteiger partial charge in [0, 0.05) is 17.7 Å². The van der Waals surface area contributed by atoms with Crippen LogP contribution in [-0.4, -0.2) is 23.0 Å². The van der Waals surface area contributed by atoms with E-state index in [0.717, 1.165) is 10.0 Å². The van der Waals surface area contributed by atoms with E-state index in [0.29, 0.717) is 0 Å². The molecular weight excluding hydrogens is 334 g/mol. The van der Waals surface area contributed by atoms with Gasteiger partial charge in [-0.15, -0.1) is 0 Å². The van der Waals surface area contributed by atoms with Crippen LogP contribution in [0.5, 0.6) is 0 Å². The molecule has 0 saturated carbocycles. The molecule has 102 valence electrons. The monoisotopic (exact) mass is 345 g/mol. The Morgan fingerprint density at radius 3 is 2.63 bits per heavy atom. The largest absolute Gasteiger partial charge is 0.381 e. The molecule has 0 radical (unpaired) electrons. The maximum Gasteiger partial charge on any atom is 0.282 e. The van der Waals surface area contributed by atoms with Crippen LogP contribution in [0.15, 0.2) is 28.1 Å². The Labute approximate surface area is 119 Å². The van der Waals surface area contributed by atoms with E-state index in [4.69, 9.17) is 5.73 Å². The smallest absolute Gasteiger partial charge is 0.282 e. The second kappa shape index (κ2) is 4.82. The van der Waals surface area contributed by atoms with Crippen molar-refractivity contribution in [3.8, 4) is 0 Å². The van der Waals surface area contributed by atoms with Crippen LogP contribution >= 0.6 is 15.9 Å². The molecule has 2 heterocycles. The van der Waals surface area contributed by atoms with Gasteiger partial charge >= 0.3 is 0 Å². The second-order valence-corrected chi connectivity index (χ2v) is 6.42. The van der Waals surface area contributed by atoms with Crippen LogP contribution in [0.25, 0.3) is 0 Å². The number of pyridine rings is 1. The van der Waals surface area contributed by atoms with Crippen molar-refractivity contribution in [2.75, 3.05) is 10.5 Å². The molecule has 3 N–H and O–H groups in total. The highest BCUT2D eigenvalue weighted by atomic mass is 79.9. The van der Waals surface area contributed by atoms with Crippen LogP contribution in [-0.2, 0) is 17.1 Å². The summed E-state index contributed by atoms with van der Waals surface area (Å²) < 4.78 is 28.9. The van der Waals surface area contributed by atoms with Crippen molar-refractivity contribution in [2.24, 2.45) is 7.05 Å². The van der Waals surface area contributed by atoms with Crippen molar-refractivity contribution in [1.29, 1.82) is 0 Å². The average molecular weight is 346 g/mol. The number of sulfonamides is 1. The third kappa shape index (κ3) is 2.71.